The number of nitrogens with zero attached hydrogens (tertiary/aromatic N) is 1. The summed E-state index contributed by atoms with van der Waals surface area (Å²) in [7, 11) is 1.46. The Morgan fingerprint density at radius 2 is 2.14 bits per heavy atom. The minimum Gasteiger partial charge on any atom is -0.508 e. The lowest BCUT2D eigenvalue weighted by molar-refractivity contribution is -0.120. The van der Waals surface area contributed by atoms with Gasteiger partial charge < -0.3 is 9.84 Å². The van der Waals surface area contributed by atoms with Crippen LogP contribution < -0.4 is 10.2 Å². The van der Waals surface area contributed by atoms with Gasteiger partial charge in [-0.05, 0) is 23.8 Å². The number of hydrogen-bond donors (Lipinski definition) is 2. The fourth-order valence-corrected chi connectivity index (χ4v) is 1.83. The maximum atomic E-state index is 13.4. The van der Waals surface area contributed by atoms with Crippen LogP contribution in [0.5, 0.6) is 11.5 Å². The Morgan fingerprint density at radius 3 is 2.86 bits per heavy atom. The number of hydrogen-bond acceptors (Lipinski definition) is 4. The van der Waals surface area contributed by atoms with Gasteiger partial charge in [-0.15, -0.1) is 0 Å². The van der Waals surface area contributed by atoms with E-state index in [2.05, 4.69) is 10.5 Å². The van der Waals surface area contributed by atoms with E-state index in [4.69, 9.17) is 4.74 Å². The molecule has 22 heavy (non-hydrogen) atoms. The van der Waals surface area contributed by atoms with E-state index in [0.717, 1.165) is 0 Å². The fourth-order valence-electron chi connectivity index (χ4n) is 1.83. The molecule has 2 aromatic rings. The van der Waals surface area contributed by atoms with Gasteiger partial charge >= 0.3 is 0 Å². The van der Waals surface area contributed by atoms with E-state index in [-0.39, 0.29) is 12.2 Å². The van der Waals surface area contributed by atoms with Crippen LogP contribution in [0, 0.1) is 5.82 Å². The minimum atomic E-state index is -0.431. The molecule has 0 saturated carbocycles. The number of methoxy groups -OCH3 is 1. The van der Waals surface area contributed by atoms with E-state index >= 15 is 0 Å². The molecular formula is C16H15FN2O3. The number of carbonyl (C=O) groups is 1. The first-order chi connectivity index (χ1) is 10.6. The van der Waals surface area contributed by atoms with Crippen molar-refractivity contribution in [3.63, 3.8) is 0 Å². The Kier molecular flexibility index (Phi) is 5.08. The van der Waals surface area contributed by atoms with Gasteiger partial charge in [0.15, 0.2) is 0 Å². The summed E-state index contributed by atoms with van der Waals surface area (Å²) in [6.07, 6.45) is 1.29. The van der Waals surface area contributed by atoms with Crippen LogP contribution in [0.15, 0.2) is 47.6 Å². The van der Waals surface area contributed by atoms with Gasteiger partial charge in [0.05, 0.1) is 19.7 Å². The summed E-state index contributed by atoms with van der Waals surface area (Å²) in [6, 6.07) is 10.6. The summed E-state index contributed by atoms with van der Waals surface area (Å²) in [5.41, 5.74) is 3.21. The highest BCUT2D eigenvalue weighted by Crippen LogP contribution is 2.22. The lowest BCUT2D eigenvalue weighted by Gasteiger charge is -2.05. The van der Waals surface area contributed by atoms with Crippen molar-refractivity contribution in [2.75, 3.05) is 7.11 Å². The van der Waals surface area contributed by atoms with Gasteiger partial charge in [0.25, 0.3) is 0 Å². The van der Waals surface area contributed by atoms with E-state index in [1.807, 2.05) is 0 Å². The average molecular weight is 302 g/mol. The monoisotopic (exact) mass is 302 g/mol. The summed E-state index contributed by atoms with van der Waals surface area (Å²) in [5.74, 6) is -0.370. The molecule has 0 aromatic heterocycles. The van der Waals surface area contributed by atoms with Gasteiger partial charge in [-0.3, -0.25) is 4.79 Å². The Labute approximate surface area is 127 Å². The molecule has 0 aliphatic rings. The number of benzene rings is 2. The molecule has 0 bridgehead atoms. The van der Waals surface area contributed by atoms with Crippen LogP contribution in [0.1, 0.15) is 11.1 Å². The molecule has 0 unspecified atom stereocenters. The van der Waals surface area contributed by atoms with E-state index < -0.39 is 11.7 Å². The zero-order valence-electron chi connectivity index (χ0n) is 11.9. The SMILES string of the molecule is COc1cc(O)ccc1/C=N/NC(=O)Cc1ccccc1F. The summed E-state index contributed by atoms with van der Waals surface area (Å²) >= 11 is 0. The largest absolute Gasteiger partial charge is 0.508 e. The zero-order chi connectivity index (χ0) is 15.9. The number of nitrogens with one attached hydrogen (secondary N) is 1. The summed E-state index contributed by atoms with van der Waals surface area (Å²) in [5, 5.41) is 13.1. The van der Waals surface area contributed by atoms with Crippen LogP contribution in [0.4, 0.5) is 4.39 Å². The van der Waals surface area contributed by atoms with E-state index in [1.54, 1.807) is 24.3 Å². The average Bonchev–Trinajstić information content (AvgIpc) is 2.51. The van der Waals surface area contributed by atoms with Crippen molar-refractivity contribution < 1.29 is 19.0 Å². The van der Waals surface area contributed by atoms with Gasteiger partial charge in [0.2, 0.25) is 5.91 Å². The van der Waals surface area contributed by atoms with Crippen LogP contribution in [-0.4, -0.2) is 24.3 Å². The number of aromatic hydroxyl groups is 1. The number of amides is 1. The van der Waals surface area contributed by atoms with Crippen molar-refractivity contribution in [2.45, 2.75) is 6.42 Å². The number of phenolic OH excluding ortho intramolecular Hbond substituents is 1. The number of halogens is 1. The number of carbonyl (C=O) groups excluding carboxylic acids is 1. The lowest BCUT2D eigenvalue weighted by atomic mass is 10.1. The van der Waals surface area contributed by atoms with Crippen molar-refractivity contribution in [1.82, 2.24) is 5.43 Å². The molecular weight excluding hydrogens is 287 g/mol. The molecule has 0 spiro atoms. The predicted molar refractivity (Wildman–Crippen MR) is 80.5 cm³/mol. The van der Waals surface area contributed by atoms with Crippen LogP contribution in [-0.2, 0) is 11.2 Å². The molecule has 5 nitrogen and oxygen atoms in total. The maximum absolute atomic E-state index is 13.4. The molecule has 0 heterocycles. The third kappa shape index (κ3) is 4.05. The maximum Gasteiger partial charge on any atom is 0.244 e. The zero-order valence-corrected chi connectivity index (χ0v) is 11.9. The second-order valence-corrected chi connectivity index (χ2v) is 4.49. The van der Waals surface area contributed by atoms with Crippen molar-refractivity contribution >= 4 is 12.1 Å². The first kappa shape index (κ1) is 15.5. The second kappa shape index (κ2) is 7.21. The first-order valence-corrected chi connectivity index (χ1v) is 6.52. The molecule has 0 radical (unpaired) electrons. The number of ether oxygens (including phenoxy) is 1. The Hall–Kier alpha value is -2.89. The van der Waals surface area contributed by atoms with Gasteiger partial charge in [-0.25, -0.2) is 9.82 Å². The standard InChI is InChI=1S/C16H15FN2O3/c1-22-15-9-13(20)7-6-12(15)10-18-19-16(21)8-11-4-2-3-5-14(11)17/h2-7,9-10,20H,8H2,1H3,(H,19,21)/b18-10+. The van der Waals surface area contributed by atoms with Crippen molar-refractivity contribution in [2.24, 2.45) is 5.10 Å². The molecule has 0 aliphatic carbocycles. The molecule has 2 N–H and O–H groups in total. The number of hydrazone groups is 1. The molecule has 1 amide bonds. The number of rotatable bonds is 5. The lowest BCUT2D eigenvalue weighted by Crippen LogP contribution is -2.20. The van der Waals surface area contributed by atoms with E-state index in [1.165, 1.54) is 31.5 Å². The normalized spacial score (nSPS) is 10.6. The molecule has 6 heteroatoms. The van der Waals surface area contributed by atoms with Crippen LogP contribution in [0.25, 0.3) is 0 Å². The van der Waals surface area contributed by atoms with E-state index in [9.17, 15) is 14.3 Å². The van der Waals surface area contributed by atoms with E-state index in [0.29, 0.717) is 16.9 Å². The van der Waals surface area contributed by atoms with Gasteiger partial charge in [-0.1, -0.05) is 18.2 Å². The summed E-state index contributed by atoms with van der Waals surface area (Å²) < 4.78 is 18.5. The van der Waals surface area contributed by atoms with Crippen LogP contribution in [0.3, 0.4) is 0 Å². The molecule has 2 rings (SSSR count). The Bertz CT molecular complexity index is 702. The smallest absolute Gasteiger partial charge is 0.244 e. The first-order valence-electron chi connectivity index (χ1n) is 6.52. The molecule has 2 aromatic carbocycles. The highest BCUT2D eigenvalue weighted by Gasteiger charge is 2.07. The number of phenols is 1. The van der Waals surface area contributed by atoms with Gasteiger partial charge in [0.1, 0.15) is 17.3 Å². The Balaban J connectivity index is 1.98. The van der Waals surface area contributed by atoms with Crippen molar-refractivity contribution in [3.8, 4) is 11.5 Å². The van der Waals surface area contributed by atoms with Crippen molar-refractivity contribution in [1.29, 1.82) is 0 Å². The summed E-state index contributed by atoms with van der Waals surface area (Å²) in [4.78, 5) is 11.7. The van der Waals surface area contributed by atoms with Crippen LogP contribution >= 0.6 is 0 Å². The fraction of sp³-hybridized carbons (Fsp3) is 0.125. The quantitative estimate of drug-likeness (QED) is 0.657. The molecule has 0 atom stereocenters. The molecule has 0 saturated heterocycles. The molecule has 114 valence electrons. The minimum absolute atomic E-state index is 0.0672. The van der Waals surface area contributed by atoms with Crippen molar-refractivity contribution in [3.05, 3.63) is 59.4 Å². The summed E-state index contributed by atoms with van der Waals surface area (Å²) in [6.45, 7) is 0. The topological polar surface area (TPSA) is 70.9 Å². The Morgan fingerprint density at radius 1 is 1.36 bits per heavy atom. The third-order valence-electron chi connectivity index (χ3n) is 2.92. The van der Waals surface area contributed by atoms with Gasteiger partial charge in [0, 0.05) is 11.6 Å². The third-order valence-corrected chi connectivity index (χ3v) is 2.92. The van der Waals surface area contributed by atoms with Gasteiger partial charge in [-0.2, -0.15) is 5.10 Å². The highest BCUT2D eigenvalue weighted by atomic mass is 19.1. The predicted octanol–water partition coefficient (Wildman–Crippen LogP) is 2.23. The molecule has 0 aliphatic heterocycles. The second-order valence-electron chi connectivity index (χ2n) is 4.49. The van der Waals surface area contributed by atoms with Crippen LogP contribution in [0.2, 0.25) is 0 Å². The molecule has 0 fully saturated rings. The highest BCUT2D eigenvalue weighted by molar-refractivity contribution is 5.86.